The molecule has 0 aliphatic heterocycles. The quantitative estimate of drug-likeness (QED) is 0.842. The van der Waals surface area contributed by atoms with Crippen LogP contribution < -0.4 is 5.32 Å². The number of nitrogens with one attached hydrogen (secondary N) is 1. The summed E-state index contributed by atoms with van der Waals surface area (Å²) < 4.78 is 0. The average Bonchev–Trinajstić information content (AvgIpc) is 2.38. The lowest BCUT2D eigenvalue weighted by atomic mass is 10.1. The van der Waals surface area contributed by atoms with Gasteiger partial charge in [-0.1, -0.05) is 44.7 Å². The van der Waals surface area contributed by atoms with Crippen LogP contribution in [0.25, 0.3) is 5.70 Å². The number of rotatable bonds is 5. The van der Waals surface area contributed by atoms with Gasteiger partial charge < -0.3 is 10.2 Å². The molecule has 0 aliphatic carbocycles. The van der Waals surface area contributed by atoms with Gasteiger partial charge in [0.25, 0.3) is 0 Å². The number of nitrogens with zero attached hydrogens (tertiary/aromatic N) is 1. The Hall–Kier alpha value is -1.28. The number of hydrogen-bond acceptors (Lipinski definition) is 2. The van der Waals surface area contributed by atoms with Crippen molar-refractivity contribution in [3.05, 3.63) is 42.0 Å². The molecule has 1 rings (SSSR count). The van der Waals surface area contributed by atoms with Crippen LogP contribution in [0.2, 0.25) is 0 Å². The third-order valence-corrected chi connectivity index (χ3v) is 2.45. The summed E-state index contributed by atoms with van der Waals surface area (Å²) in [5.74, 6) is 0. The first-order valence-electron chi connectivity index (χ1n) is 6.24. The SMILES string of the molecule is C=C(NC)c1ccc(CCN(C)C)cc1.CC. The van der Waals surface area contributed by atoms with E-state index in [1.165, 1.54) is 5.56 Å². The summed E-state index contributed by atoms with van der Waals surface area (Å²) in [6, 6.07) is 8.57. The maximum Gasteiger partial charge on any atom is 0.0338 e. The molecule has 0 spiro atoms. The minimum absolute atomic E-state index is 0.967. The van der Waals surface area contributed by atoms with E-state index in [2.05, 4.69) is 55.2 Å². The van der Waals surface area contributed by atoms with Gasteiger partial charge in [0.05, 0.1) is 0 Å². The van der Waals surface area contributed by atoms with Crippen LogP contribution in [0.3, 0.4) is 0 Å². The zero-order valence-electron chi connectivity index (χ0n) is 11.9. The molecule has 96 valence electrons. The van der Waals surface area contributed by atoms with Gasteiger partial charge in [0, 0.05) is 19.3 Å². The molecule has 2 heteroatoms. The highest BCUT2D eigenvalue weighted by atomic mass is 15.0. The Balaban J connectivity index is 0.00000121. The molecule has 1 aromatic carbocycles. The molecule has 0 fully saturated rings. The Bertz CT molecular complexity index is 312. The molecule has 1 aromatic rings. The highest BCUT2D eigenvalue weighted by Gasteiger charge is 1.97. The number of benzene rings is 1. The Labute approximate surface area is 106 Å². The summed E-state index contributed by atoms with van der Waals surface area (Å²) in [7, 11) is 6.08. The van der Waals surface area contributed by atoms with Crippen molar-refractivity contribution in [1.82, 2.24) is 10.2 Å². The molecular formula is C15H26N2. The van der Waals surface area contributed by atoms with Crippen LogP contribution in [0.5, 0.6) is 0 Å². The van der Waals surface area contributed by atoms with Crippen molar-refractivity contribution in [3.63, 3.8) is 0 Å². The van der Waals surface area contributed by atoms with E-state index in [9.17, 15) is 0 Å². The van der Waals surface area contributed by atoms with Crippen molar-refractivity contribution in [2.45, 2.75) is 20.3 Å². The second kappa shape index (κ2) is 8.82. The largest absolute Gasteiger partial charge is 0.388 e. The molecule has 0 unspecified atom stereocenters. The van der Waals surface area contributed by atoms with E-state index in [4.69, 9.17) is 0 Å². The summed E-state index contributed by atoms with van der Waals surface area (Å²) in [5.41, 5.74) is 3.50. The Morgan fingerprint density at radius 3 is 2.12 bits per heavy atom. The van der Waals surface area contributed by atoms with Crippen LogP contribution in [-0.4, -0.2) is 32.6 Å². The highest BCUT2D eigenvalue weighted by Crippen LogP contribution is 2.11. The lowest BCUT2D eigenvalue weighted by Gasteiger charge is -2.10. The van der Waals surface area contributed by atoms with Crippen LogP contribution in [0.4, 0.5) is 0 Å². The minimum Gasteiger partial charge on any atom is -0.388 e. The molecule has 0 atom stereocenters. The van der Waals surface area contributed by atoms with Crippen LogP contribution in [0.1, 0.15) is 25.0 Å². The standard InChI is InChI=1S/C13H20N2.C2H6/c1-11(14-2)13-7-5-12(6-8-13)9-10-15(3)4;1-2/h5-8,14H,1,9-10H2,2-4H3;1-2H3. The van der Waals surface area contributed by atoms with Crippen LogP contribution in [0, 0.1) is 0 Å². The zero-order chi connectivity index (χ0) is 13.3. The van der Waals surface area contributed by atoms with Gasteiger partial charge in [0.2, 0.25) is 0 Å². The van der Waals surface area contributed by atoms with Gasteiger partial charge in [-0.3, -0.25) is 0 Å². The van der Waals surface area contributed by atoms with E-state index >= 15 is 0 Å². The predicted molar refractivity (Wildman–Crippen MR) is 78.1 cm³/mol. The molecule has 0 amide bonds. The fourth-order valence-corrected chi connectivity index (χ4v) is 1.37. The normalized spacial score (nSPS) is 9.53. The minimum atomic E-state index is 0.967. The molecule has 0 bridgehead atoms. The molecule has 17 heavy (non-hydrogen) atoms. The van der Waals surface area contributed by atoms with Gasteiger partial charge in [-0.25, -0.2) is 0 Å². The number of likely N-dealkylation sites (N-methyl/N-ethyl adjacent to an activating group) is 1. The summed E-state index contributed by atoms with van der Waals surface area (Å²) in [5, 5.41) is 3.05. The first-order chi connectivity index (χ1) is 8.13. The predicted octanol–water partition coefficient (Wildman–Crippen LogP) is 3.01. The molecule has 0 saturated heterocycles. The Morgan fingerprint density at radius 2 is 1.71 bits per heavy atom. The summed E-state index contributed by atoms with van der Waals surface area (Å²) in [4.78, 5) is 2.19. The molecule has 2 nitrogen and oxygen atoms in total. The van der Waals surface area contributed by atoms with E-state index in [1.54, 1.807) is 0 Å². The summed E-state index contributed by atoms with van der Waals surface area (Å²) in [6.07, 6.45) is 1.10. The average molecular weight is 234 g/mol. The summed E-state index contributed by atoms with van der Waals surface area (Å²) >= 11 is 0. The van der Waals surface area contributed by atoms with Gasteiger partial charge in [-0.15, -0.1) is 0 Å². The maximum absolute atomic E-state index is 3.93. The first kappa shape index (κ1) is 15.7. The van der Waals surface area contributed by atoms with Gasteiger partial charge in [-0.2, -0.15) is 0 Å². The fraction of sp³-hybridized carbons (Fsp3) is 0.467. The van der Waals surface area contributed by atoms with Crippen molar-refractivity contribution in [2.24, 2.45) is 0 Å². The third kappa shape index (κ3) is 6.12. The number of hydrogen-bond donors (Lipinski definition) is 1. The second-order valence-corrected chi connectivity index (χ2v) is 3.98. The van der Waals surface area contributed by atoms with Gasteiger partial charge in [0.15, 0.2) is 0 Å². The topological polar surface area (TPSA) is 15.3 Å². The van der Waals surface area contributed by atoms with E-state index in [1.807, 2.05) is 20.9 Å². The summed E-state index contributed by atoms with van der Waals surface area (Å²) in [6.45, 7) is 9.02. The molecule has 0 aliphatic rings. The second-order valence-electron chi connectivity index (χ2n) is 3.98. The van der Waals surface area contributed by atoms with Gasteiger partial charge in [-0.05, 0) is 31.6 Å². The lowest BCUT2D eigenvalue weighted by molar-refractivity contribution is 0.413. The monoisotopic (exact) mass is 234 g/mol. The smallest absolute Gasteiger partial charge is 0.0338 e. The van der Waals surface area contributed by atoms with Crippen molar-refractivity contribution in [3.8, 4) is 0 Å². The highest BCUT2D eigenvalue weighted by molar-refractivity contribution is 5.61. The Morgan fingerprint density at radius 1 is 1.18 bits per heavy atom. The Kier molecular flexibility index (Phi) is 8.16. The van der Waals surface area contributed by atoms with Crippen molar-refractivity contribution in [1.29, 1.82) is 0 Å². The van der Waals surface area contributed by atoms with E-state index < -0.39 is 0 Å². The first-order valence-corrected chi connectivity index (χ1v) is 6.24. The van der Waals surface area contributed by atoms with Crippen molar-refractivity contribution in [2.75, 3.05) is 27.7 Å². The molecule has 1 N–H and O–H groups in total. The lowest BCUT2D eigenvalue weighted by Crippen LogP contribution is -2.15. The van der Waals surface area contributed by atoms with E-state index in [0.717, 1.165) is 24.2 Å². The molecule has 0 radical (unpaired) electrons. The molecule has 0 saturated carbocycles. The molecular weight excluding hydrogens is 208 g/mol. The van der Waals surface area contributed by atoms with Gasteiger partial charge in [0.1, 0.15) is 0 Å². The molecule has 0 heterocycles. The van der Waals surface area contributed by atoms with Crippen LogP contribution >= 0.6 is 0 Å². The fourth-order valence-electron chi connectivity index (χ4n) is 1.37. The van der Waals surface area contributed by atoms with Crippen LogP contribution in [0.15, 0.2) is 30.8 Å². The maximum atomic E-state index is 3.93. The van der Waals surface area contributed by atoms with E-state index in [0.29, 0.717) is 0 Å². The third-order valence-electron chi connectivity index (χ3n) is 2.45. The zero-order valence-corrected chi connectivity index (χ0v) is 11.9. The van der Waals surface area contributed by atoms with Crippen LogP contribution in [-0.2, 0) is 6.42 Å². The van der Waals surface area contributed by atoms with E-state index in [-0.39, 0.29) is 0 Å². The van der Waals surface area contributed by atoms with Gasteiger partial charge >= 0.3 is 0 Å². The van der Waals surface area contributed by atoms with Crippen molar-refractivity contribution >= 4 is 5.70 Å². The molecule has 0 aromatic heterocycles. The van der Waals surface area contributed by atoms with Crippen molar-refractivity contribution < 1.29 is 0 Å².